The van der Waals surface area contributed by atoms with Crippen molar-refractivity contribution >= 4 is 17.8 Å². The molecule has 29 heavy (non-hydrogen) atoms. The first-order valence-corrected chi connectivity index (χ1v) is 10.2. The maximum Gasteiger partial charge on any atom is 0.305 e. The van der Waals surface area contributed by atoms with Crippen molar-refractivity contribution in [1.82, 2.24) is 15.3 Å². The summed E-state index contributed by atoms with van der Waals surface area (Å²) in [5, 5.41) is 6.24. The highest BCUT2D eigenvalue weighted by Gasteiger charge is 2.22. The van der Waals surface area contributed by atoms with E-state index >= 15 is 0 Å². The first-order chi connectivity index (χ1) is 14.2. The summed E-state index contributed by atoms with van der Waals surface area (Å²) < 4.78 is 4.61. The summed E-state index contributed by atoms with van der Waals surface area (Å²) in [6, 6.07) is 8.62. The highest BCUT2D eigenvalue weighted by atomic mass is 16.5. The van der Waals surface area contributed by atoms with E-state index in [0.717, 1.165) is 38.5 Å². The zero-order valence-electron chi connectivity index (χ0n) is 16.8. The standard InChI is InChI=1S/C22H28N4O3/c1-29-20(27)10-4-2-3-7-13-23-21(28)17-14-24-22(25-15-17)26-19-12-11-16-8-5-6-9-18(16)19/h5-6,8-9,14-15,19H,2-4,7,10-13H2,1H3,(H,23,28)(H,24,25,26). The number of rotatable bonds is 10. The number of hydrogen-bond donors (Lipinski definition) is 2. The number of ether oxygens (including phenoxy) is 1. The van der Waals surface area contributed by atoms with Gasteiger partial charge in [-0.15, -0.1) is 0 Å². The Morgan fingerprint density at radius 3 is 2.66 bits per heavy atom. The van der Waals surface area contributed by atoms with Gasteiger partial charge in [0.15, 0.2) is 0 Å². The normalized spacial score (nSPS) is 14.9. The molecule has 0 bridgehead atoms. The van der Waals surface area contributed by atoms with Crippen LogP contribution >= 0.6 is 0 Å². The Hall–Kier alpha value is -2.96. The summed E-state index contributed by atoms with van der Waals surface area (Å²) in [6.07, 6.45) is 9.22. The number of anilines is 1. The predicted molar refractivity (Wildman–Crippen MR) is 111 cm³/mol. The number of amides is 1. The average molecular weight is 396 g/mol. The Labute approximate surface area is 171 Å². The Bertz CT molecular complexity index is 823. The highest BCUT2D eigenvalue weighted by Crippen LogP contribution is 2.32. The van der Waals surface area contributed by atoms with Gasteiger partial charge in [0.25, 0.3) is 5.91 Å². The van der Waals surface area contributed by atoms with Gasteiger partial charge in [-0.05, 0) is 36.8 Å². The maximum absolute atomic E-state index is 12.2. The van der Waals surface area contributed by atoms with Gasteiger partial charge >= 0.3 is 5.97 Å². The fourth-order valence-corrected chi connectivity index (χ4v) is 3.54. The molecule has 0 aliphatic heterocycles. The Morgan fingerprint density at radius 1 is 1.10 bits per heavy atom. The third kappa shape index (κ3) is 6.01. The molecule has 7 heteroatoms. The highest BCUT2D eigenvalue weighted by molar-refractivity contribution is 5.93. The fourth-order valence-electron chi connectivity index (χ4n) is 3.54. The molecule has 0 saturated heterocycles. The summed E-state index contributed by atoms with van der Waals surface area (Å²) in [6.45, 7) is 0.593. The van der Waals surface area contributed by atoms with Crippen LogP contribution in [0.4, 0.5) is 5.95 Å². The molecule has 2 N–H and O–H groups in total. The van der Waals surface area contributed by atoms with E-state index < -0.39 is 0 Å². The third-order valence-corrected chi connectivity index (χ3v) is 5.17. The molecule has 1 unspecified atom stereocenters. The summed E-state index contributed by atoms with van der Waals surface area (Å²) in [5.41, 5.74) is 3.11. The lowest BCUT2D eigenvalue weighted by Gasteiger charge is -2.14. The quantitative estimate of drug-likeness (QED) is 0.472. The number of benzene rings is 1. The number of carbonyl (C=O) groups is 2. The Morgan fingerprint density at radius 2 is 1.86 bits per heavy atom. The van der Waals surface area contributed by atoms with Crippen LogP contribution < -0.4 is 10.6 Å². The van der Waals surface area contributed by atoms with Crippen molar-refractivity contribution in [2.24, 2.45) is 0 Å². The van der Waals surface area contributed by atoms with Crippen molar-refractivity contribution < 1.29 is 14.3 Å². The largest absolute Gasteiger partial charge is 0.469 e. The SMILES string of the molecule is COC(=O)CCCCCCNC(=O)c1cnc(NC2CCc3ccccc32)nc1. The molecule has 0 spiro atoms. The minimum atomic E-state index is -0.173. The molecule has 1 aliphatic carbocycles. The molecule has 1 heterocycles. The van der Waals surface area contributed by atoms with Crippen LogP contribution in [-0.4, -0.2) is 35.5 Å². The van der Waals surface area contributed by atoms with Crippen LogP contribution in [0.25, 0.3) is 0 Å². The van der Waals surface area contributed by atoms with E-state index in [0.29, 0.717) is 24.5 Å². The molecule has 1 atom stereocenters. The van der Waals surface area contributed by atoms with Crippen LogP contribution in [0, 0.1) is 0 Å². The lowest BCUT2D eigenvalue weighted by Crippen LogP contribution is -2.25. The van der Waals surface area contributed by atoms with Gasteiger partial charge in [-0.2, -0.15) is 0 Å². The van der Waals surface area contributed by atoms with Crippen LogP contribution in [0.3, 0.4) is 0 Å². The van der Waals surface area contributed by atoms with Gasteiger partial charge in [0, 0.05) is 25.4 Å². The molecule has 7 nitrogen and oxygen atoms in total. The van der Waals surface area contributed by atoms with Crippen molar-refractivity contribution in [2.75, 3.05) is 19.0 Å². The van der Waals surface area contributed by atoms with Crippen LogP contribution in [0.15, 0.2) is 36.7 Å². The van der Waals surface area contributed by atoms with Gasteiger partial charge < -0.3 is 15.4 Å². The lowest BCUT2D eigenvalue weighted by atomic mass is 10.1. The third-order valence-electron chi connectivity index (χ3n) is 5.17. The number of nitrogens with zero attached hydrogens (tertiary/aromatic N) is 2. The van der Waals surface area contributed by atoms with Crippen LogP contribution in [0.2, 0.25) is 0 Å². The van der Waals surface area contributed by atoms with Crippen molar-refractivity contribution in [1.29, 1.82) is 0 Å². The van der Waals surface area contributed by atoms with Crippen molar-refractivity contribution in [2.45, 2.75) is 51.0 Å². The number of carbonyl (C=O) groups excluding carboxylic acids is 2. The number of esters is 1. The Balaban J connectivity index is 1.38. The van der Waals surface area contributed by atoms with Gasteiger partial charge in [0.1, 0.15) is 0 Å². The number of hydrogen-bond acceptors (Lipinski definition) is 6. The van der Waals surface area contributed by atoms with E-state index in [2.05, 4.69) is 43.5 Å². The molecule has 1 aliphatic rings. The van der Waals surface area contributed by atoms with E-state index in [4.69, 9.17) is 0 Å². The van der Waals surface area contributed by atoms with E-state index in [9.17, 15) is 9.59 Å². The topological polar surface area (TPSA) is 93.2 Å². The Kier molecular flexibility index (Phi) is 7.55. The molecule has 1 amide bonds. The molecular weight excluding hydrogens is 368 g/mol. The summed E-state index contributed by atoms with van der Waals surface area (Å²) in [4.78, 5) is 31.8. The molecule has 0 saturated carbocycles. The number of fused-ring (bicyclic) bond motifs is 1. The molecule has 1 aromatic heterocycles. The second-order valence-corrected chi connectivity index (χ2v) is 7.23. The number of unbranched alkanes of at least 4 members (excludes halogenated alkanes) is 3. The van der Waals surface area contributed by atoms with Gasteiger partial charge in [0.2, 0.25) is 5.95 Å². The molecule has 1 aromatic carbocycles. The monoisotopic (exact) mass is 396 g/mol. The maximum atomic E-state index is 12.2. The minimum Gasteiger partial charge on any atom is -0.469 e. The molecule has 0 radical (unpaired) electrons. The van der Waals surface area contributed by atoms with Crippen molar-refractivity contribution in [3.63, 3.8) is 0 Å². The van der Waals surface area contributed by atoms with E-state index in [1.807, 2.05) is 6.07 Å². The second kappa shape index (κ2) is 10.5. The van der Waals surface area contributed by atoms with E-state index in [1.54, 1.807) is 12.4 Å². The van der Waals surface area contributed by atoms with Crippen molar-refractivity contribution in [3.8, 4) is 0 Å². The average Bonchev–Trinajstić information content (AvgIpc) is 3.16. The number of methoxy groups -OCH3 is 1. The summed E-state index contributed by atoms with van der Waals surface area (Å²) in [7, 11) is 1.40. The zero-order valence-corrected chi connectivity index (χ0v) is 16.8. The molecule has 0 fully saturated rings. The van der Waals surface area contributed by atoms with Crippen LogP contribution in [0.5, 0.6) is 0 Å². The summed E-state index contributed by atoms with van der Waals surface area (Å²) >= 11 is 0. The fraction of sp³-hybridized carbons (Fsp3) is 0.455. The first-order valence-electron chi connectivity index (χ1n) is 10.2. The predicted octanol–water partition coefficient (Wildman–Crippen LogP) is 3.43. The molecular formula is C22H28N4O3. The lowest BCUT2D eigenvalue weighted by molar-refractivity contribution is -0.140. The minimum absolute atomic E-state index is 0.169. The van der Waals surface area contributed by atoms with E-state index in [1.165, 1.54) is 18.2 Å². The molecule has 154 valence electrons. The zero-order chi connectivity index (χ0) is 20.5. The first kappa shape index (κ1) is 20.8. The number of aromatic nitrogens is 2. The molecule has 2 aromatic rings. The van der Waals surface area contributed by atoms with Gasteiger partial charge in [-0.1, -0.05) is 37.1 Å². The number of nitrogens with one attached hydrogen (secondary N) is 2. The van der Waals surface area contributed by atoms with E-state index in [-0.39, 0.29) is 17.9 Å². The second-order valence-electron chi connectivity index (χ2n) is 7.23. The smallest absolute Gasteiger partial charge is 0.305 e. The number of aryl methyl sites for hydroxylation is 1. The molecule has 3 rings (SSSR count). The van der Waals surface area contributed by atoms with Crippen molar-refractivity contribution in [3.05, 3.63) is 53.3 Å². The summed E-state index contributed by atoms with van der Waals surface area (Å²) in [5.74, 6) is 0.194. The van der Waals surface area contributed by atoms with Gasteiger partial charge in [-0.3, -0.25) is 9.59 Å². The van der Waals surface area contributed by atoms with Gasteiger partial charge in [0.05, 0.1) is 18.7 Å². The van der Waals surface area contributed by atoms with Crippen LogP contribution in [0.1, 0.15) is 66.1 Å². The van der Waals surface area contributed by atoms with Gasteiger partial charge in [-0.25, -0.2) is 9.97 Å². The van der Waals surface area contributed by atoms with Crippen LogP contribution in [-0.2, 0) is 16.0 Å².